The van der Waals surface area contributed by atoms with Gasteiger partial charge in [-0.3, -0.25) is 14.8 Å². The Labute approximate surface area is 103 Å². The lowest BCUT2D eigenvalue weighted by molar-refractivity contribution is -0.184. The van der Waals surface area contributed by atoms with Crippen LogP contribution in [0.2, 0.25) is 0 Å². The number of hydrogen-bond donors (Lipinski definition) is 2. The van der Waals surface area contributed by atoms with Gasteiger partial charge in [0.15, 0.2) is 0 Å². The van der Waals surface area contributed by atoms with Gasteiger partial charge in [-0.1, -0.05) is 18.2 Å². The van der Waals surface area contributed by atoms with Crippen molar-refractivity contribution in [2.24, 2.45) is 5.41 Å². The molecule has 0 aromatic heterocycles. The van der Waals surface area contributed by atoms with Gasteiger partial charge >= 0.3 is 5.97 Å². The van der Waals surface area contributed by atoms with Gasteiger partial charge in [0.2, 0.25) is 0 Å². The van der Waals surface area contributed by atoms with E-state index in [2.05, 4.69) is 0 Å². The van der Waals surface area contributed by atoms with Crippen LogP contribution in [0.4, 0.5) is 4.39 Å². The van der Waals surface area contributed by atoms with Crippen molar-refractivity contribution in [3.05, 3.63) is 35.6 Å². The van der Waals surface area contributed by atoms with E-state index in [1.165, 1.54) is 32.0 Å². The van der Waals surface area contributed by atoms with Crippen LogP contribution in [0.25, 0.3) is 0 Å². The Morgan fingerprint density at radius 3 is 2.39 bits per heavy atom. The van der Waals surface area contributed by atoms with Crippen molar-refractivity contribution in [3.8, 4) is 0 Å². The summed E-state index contributed by atoms with van der Waals surface area (Å²) in [4.78, 5) is 22.5. The van der Waals surface area contributed by atoms with Crippen LogP contribution >= 0.6 is 0 Å². The van der Waals surface area contributed by atoms with Gasteiger partial charge in [-0.25, -0.2) is 9.45 Å². The topological polar surface area (TPSA) is 77.8 Å². The zero-order valence-corrected chi connectivity index (χ0v) is 10.1. The normalized spacial score (nSPS) is 11.1. The number of carboxylic acids is 1. The number of aliphatic carboxylic acids is 1. The second kappa shape index (κ2) is 5.14. The molecule has 0 fully saturated rings. The summed E-state index contributed by atoms with van der Waals surface area (Å²) in [7, 11) is 0. The van der Waals surface area contributed by atoms with Gasteiger partial charge in [-0.2, -0.15) is 0 Å². The van der Waals surface area contributed by atoms with Gasteiger partial charge in [0.25, 0.3) is 5.91 Å². The third-order valence-corrected chi connectivity index (χ3v) is 2.58. The molecule has 0 saturated carbocycles. The quantitative estimate of drug-likeness (QED) is 0.487. The Morgan fingerprint density at radius 2 is 1.89 bits per heavy atom. The van der Waals surface area contributed by atoms with Crippen LogP contribution in [0, 0.1) is 11.2 Å². The molecule has 0 aliphatic rings. The molecule has 0 bridgehead atoms. The lowest BCUT2D eigenvalue weighted by Crippen LogP contribution is -2.43. The summed E-state index contributed by atoms with van der Waals surface area (Å²) < 4.78 is 13.3. The first-order chi connectivity index (χ1) is 8.26. The number of carboxylic acid groups (broad SMARTS) is 1. The SMILES string of the molecule is CC(C)(C(=O)O)C(=O)N(O)Cc1ccccc1F. The van der Waals surface area contributed by atoms with Crippen LogP contribution in [0.15, 0.2) is 24.3 Å². The van der Waals surface area contributed by atoms with Crippen LogP contribution in [0.5, 0.6) is 0 Å². The second-order valence-corrected chi connectivity index (χ2v) is 4.38. The van der Waals surface area contributed by atoms with E-state index in [-0.39, 0.29) is 10.6 Å². The number of carbonyl (C=O) groups is 2. The molecular formula is C12H14FNO4. The van der Waals surface area contributed by atoms with Crippen molar-refractivity contribution in [2.75, 3.05) is 0 Å². The molecule has 18 heavy (non-hydrogen) atoms. The fourth-order valence-corrected chi connectivity index (χ4v) is 1.27. The molecule has 0 radical (unpaired) electrons. The van der Waals surface area contributed by atoms with Crippen molar-refractivity contribution in [2.45, 2.75) is 20.4 Å². The summed E-state index contributed by atoms with van der Waals surface area (Å²) >= 11 is 0. The standard InChI is InChI=1S/C12H14FNO4/c1-12(2,11(16)17)10(15)14(18)7-8-5-3-4-6-9(8)13/h3-6,18H,7H2,1-2H3,(H,16,17). The third-order valence-electron chi connectivity index (χ3n) is 2.58. The van der Waals surface area contributed by atoms with Crippen LogP contribution in [0.3, 0.4) is 0 Å². The van der Waals surface area contributed by atoms with Crippen molar-refractivity contribution >= 4 is 11.9 Å². The molecule has 2 N–H and O–H groups in total. The molecule has 98 valence electrons. The molecule has 0 saturated heterocycles. The van der Waals surface area contributed by atoms with Crippen LogP contribution in [0.1, 0.15) is 19.4 Å². The number of amides is 1. The molecule has 0 aliphatic heterocycles. The van der Waals surface area contributed by atoms with E-state index >= 15 is 0 Å². The maximum absolute atomic E-state index is 13.3. The van der Waals surface area contributed by atoms with E-state index in [1.807, 2.05) is 0 Å². The first-order valence-electron chi connectivity index (χ1n) is 5.24. The van der Waals surface area contributed by atoms with E-state index in [4.69, 9.17) is 5.11 Å². The first-order valence-corrected chi connectivity index (χ1v) is 5.24. The Bertz CT molecular complexity index is 473. The Balaban J connectivity index is 2.84. The van der Waals surface area contributed by atoms with E-state index in [0.29, 0.717) is 0 Å². The summed E-state index contributed by atoms with van der Waals surface area (Å²) in [6, 6.07) is 5.62. The monoisotopic (exact) mass is 255 g/mol. The minimum absolute atomic E-state index is 0.106. The number of nitrogens with zero attached hydrogens (tertiary/aromatic N) is 1. The average molecular weight is 255 g/mol. The highest BCUT2D eigenvalue weighted by molar-refractivity contribution is 6.00. The molecule has 6 heteroatoms. The second-order valence-electron chi connectivity index (χ2n) is 4.38. The fraction of sp³-hybridized carbons (Fsp3) is 0.333. The maximum Gasteiger partial charge on any atom is 0.318 e. The number of benzene rings is 1. The zero-order chi connectivity index (χ0) is 13.9. The number of rotatable bonds is 4. The minimum atomic E-state index is -1.76. The molecule has 0 atom stereocenters. The highest BCUT2D eigenvalue weighted by Crippen LogP contribution is 2.20. The molecule has 1 rings (SSSR count). The molecular weight excluding hydrogens is 241 g/mol. The molecule has 1 aromatic carbocycles. The third kappa shape index (κ3) is 2.84. The first kappa shape index (κ1) is 14.1. The summed E-state index contributed by atoms with van der Waals surface area (Å²) in [6.07, 6.45) is 0. The summed E-state index contributed by atoms with van der Waals surface area (Å²) in [5, 5.41) is 18.6. The molecule has 0 heterocycles. The van der Waals surface area contributed by atoms with Crippen molar-refractivity contribution in [1.82, 2.24) is 5.06 Å². The molecule has 1 amide bonds. The highest BCUT2D eigenvalue weighted by Gasteiger charge is 2.39. The number of carbonyl (C=O) groups excluding carboxylic acids is 1. The van der Waals surface area contributed by atoms with Gasteiger partial charge in [0.1, 0.15) is 11.2 Å². The van der Waals surface area contributed by atoms with Crippen LogP contribution in [-0.4, -0.2) is 27.3 Å². The summed E-state index contributed by atoms with van der Waals surface area (Å²) in [6.45, 7) is 1.94. The Morgan fingerprint density at radius 1 is 1.33 bits per heavy atom. The smallest absolute Gasteiger partial charge is 0.318 e. The average Bonchev–Trinajstić information content (AvgIpc) is 2.30. The fourth-order valence-electron chi connectivity index (χ4n) is 1.27. The van der Waals surface area contributed by atoms with E-state index in [0.717, 1.165) is 0 Å². The molecule has 0 unspecified atom stereocenters. The van der Waals surface area contributed by atoms with Crippen molar-refractivity contribution in [1.29, 1.82) is 0 Å². The van der Waals surface area contributed by atoms with Gasteiger partial charge in [0, 0.05) is 5.56 Å². The summed E-state index contributed by atoms with van der Waals surface area (Å²) in [5.41, 5.74) is -1.66. The van der Waals surface area contributed by atoms with E-state index in [1.54, 1.807) is 6.07 Å². The largest absolute Gasteiger partial charge is 0.480 e. The number of hydroxylamine groups is 2. The van der Waals surface area contributed by atoms with E-state index in [9.17, 15) is 19.2 Å². The van der Waals surface area contributed by atoms with Gasteiger partial charge in [-0.15, -0.1) is 0 Å². The number of hydrogen-bond acceptors (Lipinski definition) is 3. The maximum atomic E-state index is 13.3. The predicted octanol–water partition coefficient (Wildman–Crippen LogP) is 1.65. The van der Waals surface area contributed by atoms with Gasteiger partial charge < -0.3 is 5.11 Å². The lowest BCUT2D eigenvalue weighted by Gasteiger charge is -2.24. The molecule has 5 nitrogen and oxygen atoms in total. The van der Waals surface area contributed by atoms with Crippen LogP contribution in [-0.2, 0) is 16.1 Å². The predicted molar refractivity (Wildman–Crippen MR) is 60.2 cm³/mol. The van der Waals surface area contributed by atoms with Gasteiger partial charge in [-0.05, 0) is 19.9 Å². The molecule has 0 aliphatic carbocycles. The van der Waals surface area contributed by atoms with Crippen molar-refractivity contribution in [3.63, 3.8) is 0 Å². The summed E-state index contributed by atoms with van der Waals surface area (Å²) in [5.74, 6) is -2.93. The zero-order valence-electron chi connectivity index (χ0n) is 10.1. The molecule has 1 aromatic rings. The number of halogens is 1. The van der Waals surface area contributed by atoms with Crippen molar-refractivity contribution < 1.29 is 24.3 Å². The Kier molecular flexibility index (Phi) is 4.03. The van der Waals surface area contributed by atoms with E-state index < -0.39 is 29.7 Å². The van der Waals surface area contributed by atoms with Crippen LogP contribution < -0.4 is 0 Å². The lowest BCUT2D eigenvalue weighted by atomic mass is 9.92. The Hall–Kier alpha value is -1.95. The van der Waals surface area contributed by atoms with Gasteiger partial charge in [0.05, 0.1) is 6.54 Å². The minimum Gasteiger partial charge on any atom is -0.480 e. The highest BCUT2D eigenvalue weighted by atomic mass is 19.1. The molecule has 0 spiro atoms.